The Labute approximate surface area is 88.6 Å². The van der Waals surface area contributed by atoms with E-state index in [9.17, 15) is 9.90 Å². The Kier molecular flexibility index (Phi) is 4.12. The van der Waals surface area contributed by atoms with Crippen molar-refractivity contribution in [2.45, 2.75) is 19.9 Å². The molecule has 1 rings (SSSR count). The summed E-state index contributed by atoms with van der Waals surface area (Å²) in [5.74, 6) is -0.584. The molecular weight excluding hydrogens is 194 g/mol. The normalized spacial score (nSPS) is 10.2. The molecule has 82 valence electrons. The second kappa shape index (κ2) is 5.36. The molecule has 1 aromatic rings. The van der Waals surface area contributed by atoms with Crippen molar-refractivity contribution in [1.82, 2.24) is 5.32 Å². The van der Waals surface area contributed by atoms with E-state index in [4.69, 9.17) is 5.11 Å². The first-order valence-corrected chi connectivity index (χ1v) is 4.80. The summed E-state index contributed by atoms with van der Waals surface area (Å²) >= 11 is 0. The van der Waals surface area contributed by atoms with Crippen molar-refractivity contribution in [2.75, 3.05) is 6.54 Å². The lowest BCUT2D eigenvalue weighted by molar-refractivity contribution is -0.136. The maximum Gasteiger partial charge on any atom is 0.304 e. The maximum atomic E-state index is 10.2. The topological polar surface area (TPSA) is 69.6 Å². The van der Waals surface area contributed by atoms with Crippen molar-refractivity contribution in [1.29, 1.82) is 0 Å². The molecule has 3 N–H and O–H groups in total. The van der Waals surface area contributed by atoms with Crippen molar-refractivity contribution >= 4 is 5.97 Å². The molecule has 4 heteroatoms. The van der Waals surface area contributed by atoms with Gasteiger partial charge in [0.1, 0.15) is 5.75 Å². The van der Waals surface area contributed by atoms with Gasteiger partial charge >= 0.3 is 5.97 Å². The fraction of sp³-hybridized carbons (Fsp3) is 0.364. The van der Waals surface area contributed by atoms with Crippen molar-refractivity contribution in [3.8, 4) is 5.75 Å². The number of aliphatic carboxylic acids is 1. The number of carboxylic acids is 1. The van der Waals surface area contributed by atoms with Crippen LogP contribution in [-0.2, 0) is 11.3 Å². The fourth-order valence-corrected chi connectivity index (χ4v) is 1.27. The van der Waals surface area contributed by atoms with Crippen LogP contribution in [0.3, 0.4) is 0 Å². The number of hydrogen-bond donors (Lipinski definition) is 3. The number of phenolic OH excluding ortho intramolecular Hbond substituents is 1. The number of phenols is 1. The Morgan fingerprint density at radius 1 is 1.47 bits per heavy atom. The number of hydrogen-bond acceptors (Lipinski definition) is 3. The predicted molar refractivity (Wildman–Crippen MR) is 56.8 cm³/mol. The molecule has 15 heavy (non-hydrogen) atoms. The number of carboxylic acid groups (broad SMARTS) is 1. The van der Waals surface area contributed by atoms with E-state index in [0.717, 1.165) is 11.1 Å². The predicted octanol–water partition coefficient (Wildman–Crippen LogP) is 1.26. The number of benzene rings is 1. The van der Waals surface area contributed by atoms with Crippen LogP contribution in [0.4, 0.5) is 0 Å². The molecule has 0 saturated carbocycles. The Morgan fingerprint density at radius 2 is 2.20 bits per heavy atom. The minimum atomic E-state index is -0.823. The van der Waals surface area contributed by atoms with Gasteiger partial charge in [-0.15, -0.1) is 0 Å². The minimum Gasteiger partial charge on any atom is -0.508 e. The monoisotopic (exact) mass is 209 g/mol. The van der Waals surface area contributed by atoms with E-state index in [1.807, 2.05) is 19.1 Å². The molecule has 0 aliphatic rings. The highest BCUT2D eigenvalue weighted by molar-refractivity contribution is 5.66. The number of aromatic hydroxyl groups is 1. The molecule has 4 nitrogen and oxygen atoms in total. The van der Waals surface area contributed by atoms with Crippen molar-refractivity contribution in [3.63, 3.8) is 0 Å². The molecule has 0 aromatic heterocycles. The molecule has 1 aromatic carbocycles. The highest BCUT2D eigenvalue weighted by Gasteiger charge is 2.01. The van der Waals surface area contributed by atoms with Gasteiger partial charge in [0, 0.05) is 18.7 Å². The van der Waals surface area contributed by atoms with Gasteiger partial charge in [0.25, 0.3) is 0 Å². The Balaban J connectivity index is 2.43. The van der Waals surface area contributed by atoms with Crippen molar-refractivity contribution in [2.24, 2.45) is 0 Å². The summed E-state index contributed by atoms with van der Waals surface area (Å²) in [6, 6.07) is 5.35. The third-order valence-electron chi connectivity index (χ3n) is 2.07. The number of carbonyl (C=O) groups is 1. The Hall–Kier alpha value is -1.55. The molecule has 0 amide bonds. The van der Waals surface area contributed by atoms with Gasteiger partial charge in [-0.05, 0) is 13.0 Å². The third kappa shape index (κ3) is 3.99. The summed E-state index contributed by atoms with van der Waals surface area (Å²) < 4.78 is 0. The quantitative estimate of drug-likeness (QED) is 0.639. The molecular formula is C11H15NO3. The van der Waals surface area contributed by atoms with Gasteiger partial charge in [0.15, 0.2) is 0 Å². The molecule has 0 spiro atoms. The van der Waals surface area contributed by atoms with Gasteiger partial charge in [-0.3, -0.25) is 4.79 Å². The molecule has 0 fully saturated rings. The largest absolute Gasteiger partial charge is 0.508 e. The highest BCUT2D eigenvalue weighted by Crippen LogP contribution is 2.17. The van der Waals surface area contributed by atoms with Crippen LogP contribution in [0.1, 0.15) is 17.5 Å². The summed E-state index contributed by atoms with van der Waals surface area (Å²) in [5.41, 5.74) is 1.86. The van der Waals surface area contributed by atoms with Gasteiger partial charge in [0.2, 0.25) is 0 Å². The highest BCUT2D eigenvalue weighted by atomic mass is 16.4. The molecule has 0 heterocycles. The van der Waals surface area contributed by atoms with E-state index >= 15 is 0 Å². The standard InChI is InChI=1S/C11H15NO3/c1-8-2-3-10(13)9(6-8)7-12-5-4-11(14)15/h2-3,6,12-13H,4-5,7H2,1H3,(H,14,15). The van der Waals surface area contributed by atoms with E-state index in [2.05, 4.69) is 5.32 Å². The fourth-order valence-electron chi connectivity index (χ4n) is 1.27. The molecule has 0 atom stereocenters. The molecule has 0 radical (unpaired) electrons. The van der Waals surface area contributed by atoms with Crippen LogP contribution in [0.2, 0.25) is 0 Å². The summed E-state index contributed by atoms with van der Waals surface area (Å²) in [4.78, 5) is 10.2. The second-order valence-corrected chi connectivity index (χ2v) is 3.45. The zero-order chi connectivity index (χ0) is 11.3. The maximum absolute atomic E-state index is 10.2. The summed E-state index contributed by atoms with van der Waals surface area (Å²) in [6.45, 7) is 2.84. The van der Waals surface area contributed by atoms with E-state index in [-0.39, 0.29) is 12.2 Å². The molecule has 0 aliphatic heterocycles. The smallest absolute Gasteiger partial charge is 0.304 e. The van der Waals surface area contributed by atoms with Crippen LogP contribution in [0.5, 0.6) is 5.75 Å². The van der Waals surface area contributed by atoms with Crippen LogP contribution < -0.4 is 5.32 Å². The zero-order valence-electron chi connectivity index (χ0n) is 8.66. The Morgan fingerprint density at radius 3 is 2.87 bits per heavy atom. The van der Waals surface area contributed by atoms with Crippen molar-refractivity contribution < 1.29 is 15.0 Å². The number of nitrogens with one attached hydrogen (secondary N) is 1. The molecule has 0 unspecified atom stereocenters. The lowest BCUT2D eigenvalue weighted by Gasteiger charge is -2.06. The summed E-state index contributed by atoms with van der Waals surface area (Å²) in [6.07, 6.45) is 0.0899. The van der Waals surface area contributed by atoms with Crippen molar-refractivity contribution in [3.05, 3.63) is 29.3 Å². The minimum absolute atomic E-state index is 0.0899. The first kappa shape index (κ1) is 11.5. The van der Waals surface area contributed by atoms with Gasteiger partial charge in [0.05, 0.1) is 6.42 Å². The SMILES string of the molecule is Cc1ccc(O)c(CNCCC(=O)O)c1. The molecule has 0 bridgehead atoms. The average Bonchev–Trinajstić information content (AvgIpc) is 2.17. The third-order valence-corrected chi connectivity index (χ3v) is 2.07. The van der Waals surface area contributed by atoms with E-state index in [1.165, 1.54) is 0 Å². The van der Waals surface area contributed by atoms with Gasteiger partial charge < -0.3 is 15.5 Å². The number of rotatable bonds is 5. The second-order valence-electron chi connectivity index (χ2n) is 3.45. The lowest BCUT2D eigenvalue weighted by atomic mass is 10.1. The van der Waals surface area contributed by atoms with Gasteiger partial charge in [-0.25, -0.2) is 0 Å². The van der Waals surface area contributed by atoms with Gasteiger partial charge in [-0.2, -0.15) is 0 Å². The van der Waals surface area contributed by atoms with E-state index in [1.54, 1.807) is 6.07 Å². The summed E-state index contributed by atoms with van der Waals surface area (Å²) in [5, 5.41) is 20.9. The molecule has 0 aliphatic carbocycles. The van der Waals surface area contributed by atoms with Crippen LogP contribution in [0, 0.1) is 6.92 Å². The zero-order valence-corrected chi connectivity index (χ0v) is 8.66. The number of aryl methyl sites for hydroxylation is 1. The lowest BCUT2D eigenvalue weighted by Crippen LogP contribution is -2.17. The first-order chi connectivity index (χ1) is 7.09. The van der Waals surface area contributed by atoms with Crippen LogP contribution in [0.25, 0.3) is 0 Å². The molecule has 0 saturated heterocycles. The van der Waals surface area contributed by atoms with E-state index in [0.29, 0.717) is 13.1 Å². The summed E-state index contributed by atoms with van der Waals surface area (Å²) in [7, 11) is 0. The van der Waals surface area contributed by atoms with Crippen LogP contribution in [0.15, 0.2) is 18.2 Å². The first-order valence-electron chi connectivity index (χ1n) is 4.80. The average molecular weight is 209 g/mol. The van der Waals surface area contributed by atoms with Crippen LogP contribution in [-0.4, -0.2) is 22.7 Å². The Bertz CT molecular complexity index is 350. The van der Waals surface area contributed by atoms with Gasteiger partial charge in [-0.1, -0.05) is 17.7 Å². The van der Waals surface area contributed by atoms with Crippen LogP contribution >= 0.6 is 0 Å². The van der Waals surface area contributed by atoms with E-state index < -0.39 is 5.97 Å².